The Morgan fingerprint density at radius 1 is 1.56 bits per heavy atom. The third-order valence-corrected chi connectivity index (χ3v) is 2.42. The molecule has 2 heterocycles. The topological polar surface area (TPSA) is 96.7 Å². The Labute approximate surface area is 102 Å². The molecule has 7 heteroatoms. The molecule has 0 aliphatic heterocycles. The van der Waals surface area contributed by atoms with Gasteiger partial charge in [0.15, 0.2) is 5.69 Å². The zero-order valence-electron chi connectivity index (χ0n) is 9.70. The first-order valence-corrected chi connectivity index (χ1v) is 5.37. The zero-order valence-corrected chi connectivity index (χ0v) is 9.70. The number of hydrogen-bond donors (Lipinski definition) is 3. The highest BCUT2D eigenvalue weighted by Gasteiger charge is 2.16. The summed E-state index contributed by atoms with van der Waals surface area (Å²) in [6, 6.07) is 2.56. The van der Waals surface area contributed by atoms with Gasteiger partial charge in [-0.15, -0.1) is 0 Å². The first-order valence-electron chi connectivity index (χ1n) is 5.37. The Morgan fingerprint density at radius 2 is 2.33 bits per heavy atom. The van der Waals surface area contributed by atoms with E-state index in [0.29, 0.717) is 17.8 Å². The molecule has 0 saturated carbocycles. The highest BCUT2D eigenvalue weighted by Crippen LogP contribution is 2.15. The number of amides is 1. The number of hydrogen-bond acceptors (Lipinski definition) is 4. The number of carbonyl (C=O) groups is 1. The van der Waals surface area contributed by atoms with Crippen LogP contribution in [-0.4, -0.2) is 21.1 Å². The lowest BCUT2D eigenvalue weighted by Gasteiger charge is -2.02. The molecule has 0 spiro atoms. The second-order valence-corrected chi connectivity index (χ2v) is 3.63. The highest BCUT2D eigenvalue weighted by molar-refractivity contribution is 6.06. The van der Waals surface area contributed by atoms with Crippen molar-refractivity contribution in [3.8, 4) is 0 Å². The second kappa shape index (κ2) is 4.82. The number of anilines is 2. The van der Waals surface area contributed by atoms with Gasteiger partial charge in [0.1, 0.15) is 11.6 Å². The number of nitrogens with one attached hydrogen (secondary N) is 2. The molecule has 2 rings (SSSR count). The second-order valence-electron chi connectivity index (χ2n) is 3.63. The molecule has 0 saturated heterocycles. The van der Waals surface area contributed by atoms with Gasteiger partial charge in [0.05, 0.1) is 17.6 Å². The summed E-state index contributed by atoms with van der Waals surface area (Å²) in [6.07, 6.45) is 1.67. The van der Waals surface area contributed by atoms with Crippen LogP contribution in [0.25, 0.3) is 0 Å². The summed E-state index contributed by atoms with van der Waals surface area (Å²) in [6.45, 7) is 1.90. The van der Waals surface area contributed by atoms with Crippen LogP contribution in [0.1, 0.15) is 23.1 Å². The molecule has 0 aliphatic carbocycles. The Morgan fingerprint density at radius 3 is 2.89 bits per heavy atom. The summed E-state index contributed by atoms with van der Waals surface area (Å²) in [5, 5.41) is 9.00. The largest absolute Gasteiger partial charge is 0.395 e. The minimum Gasteiger partial charge on any atom is -0.395 e. The Hall–Kier alpha value is -2.44. The van der Waals surface area contributed by atoms with Gasteiger partial charge in [0.25, 0.3) is 5.91 Å². The standard InChI is InChI=1S/C11H12FN5O/c1-2-7-9(13)10(17-16-7)11(18)15-8-4-3-6(12)5-14-8/h3-5H,2,13H2,1H3,(H,16,17)(H,14,15,18). The van der Waals surface area contributed by atoms with Crippen molar-refractivity contribution in [1.29, 1.82) is 0 Å². The molecule has 0 aliphatic rings. The molecule has 2 aromatic heterocycles. The quantitative estimate of drug-likeness (QED) is 0.764. The third-order valence-electron chi connectivity index (χ3n) is 2.42. The van der Waals surface area contributed by atoms with Crippen molar-refractivity contribution in [2.24, 2.45) is 0 Å². The van der Waals surface area contributed by atoms with E-state index in [1.807, 2.05) is 6.92 Å². The van der Waals surface area contributed by atoms with Gasteiger partial charge >= 0.3 is 0 Å². The zero-order chi connectivity index (χ0) is 13.1. The van der Waals surface area contributed by atoms with Gasteiger partial charge in [-0.1, -0.05) is 6.92 Å². The predicted octanol–water partition coefficient (Wildman–Crippen LogP) is 1.34. The van der Waals surface area contributed by atoms with Gasteiger partial charge in [-0.25, -0.2) is 9.37 Å². The number of halogens is 1. The molecule has 1 amide bonds. The van der Waals surface area contributed by atoms with E-state index >= 15 is 0 Å². The van der Waals surface area contributed by atoms with Crippen molar-refractivity contribution in [3.63, 3.8) is 0 Å². The summed E-state index contributed by atoms with van der Waals surface area (Å²) in [5.74, 6) is -0.718. The maximum atomic E-state index is 12.6. The van der Waals surface area contributed by atoms with Crippen LogP contribution in [0.15, 0.2) is 18.3 Å². The van der Waals surface area contributed by atoms with Crippen LogP contribution in [0, 0.1) is 5.82 Å². The van der Waals surface area contributed by atoms with Crippen molar-refractivity contribution >= 4 is 17.4 Å². The molecule has 0 fully saturated rings. The lowest BCUT2D eigenvalue weighted by atomic mass is 10.2. The first-order chi connectivity index (χ1) is 8.61. The predicted molar refractivity (Wildman–Crippen MR) is 64.5 cm³/mol. The van der Waals surface area contributed by atoms with Gasteiger partial charge < -0.3 is 11.1 Å². The smallest absolute Gasteiger partial charge is 0.279 e. The molecule has 0 aromatic carbocycles. The Bertz CT molecular complexity index is 563. The molecule has 4 N–H and O–H groups in total. The fourth-order valence-electron chi connectivity index (χ4n) is 1.45. The van der Waals surface area contributed by atoms with E-state index in [0.717, 1.165) is 6.20 Å². The van der Waals surface area contributed by atoms with E-state index in [4.69, 9.17) is 5.73 Å². The van der Waals surface area contributed by atoms with E-state index in [1.54, 1.807) is 0 Å². The average Bonchev–Trinajstić information content (AvgIpc) is 2.73. The number of H-pyrrole nitrogens is 1. The van der Waals surface area contributed by atoms with Crippen molar-refractivity contribution in [2.75, 3.05) is 11.1 Å². The molecule has 6 nitrogen and oxygen atoms in total. The monoisotopic (exact) mass is 249 g/mol. The third kappa shape index (κ3) is 2.29. The van der Waals surface area contributed by atoms with E-state index in [9.17, 15) is 9.18 Å². The number of pyridine rings is 1. The highest BCUT2D eigenvalue weighted by atomic mass is 19.1. The molecule has 18 heavy (non-hydrogen) atoms. The minimum atomic E-state index is -0.484. The van der Waals surface area contributed by atoms with Crippen LogP contribution in [-0.2, 0) is 6.42 Å². The van der Waals surface area contributed by atoms with Gasteiger partial charge in [0.2, 0.25) is 0 Å². The number of aromatic amines is 1. The summed E-state index contributed by atoms with van der Waals surface area (Å²) in [4.78, 5) is 15.6. The van der Waals surface area contributed by atoms with Crippen molar-refractivity contribution in [2.45, 2.75) is 13.3 Å². The normalized spacial score (nSPS) is 10.3. The number of nitrogens with zero attached hydrogens (tertiary/aromatic N) is 2. The Kier molecular flexibility index (Phi) is 3.22. The number of nitrogen functional groups attached to an aromatic ring is 1. The number of aromatic nitrogens is 3. The number of rotatable bonds is 3. The number of carbonyl (C=O) groups excluding carboxylic acids is 1. The van der Waals surface area contributed by atoms with Crippen LogP contribution < -0.4 is 11.1 Å². The van der Waals surface area contributed by atoms with E-state index < -0.39 is 11.7 Å². The average molecular weight is 249 g/mol. The lowest BCUT2D eigenvalue weighted by molar-refractivity contribution is 0.102. The molecule has 2 aromatic rings. The molecule has 0 atom stereocenters. The molecule has 0 radical (unpaired) electrons. The van der Waals surface area contributed by atoms with Crippen LogP contribution in [0.5, 0.6) is 0 Å². The lowest BCUT2D eigenvalue weighted by Crippen LogP contribution is -2.15. The van der Waals surface area contributed by atoms with Gasteiger partial charge in [-0.2, -0.15) is 5.10 Å². The molecule has 0 bridgehead atoms. The minimum absolute atomic E-state index is 0.109. The van der Waals surface area contributed by atoms with Crippen molar-refractivity contribution in [3.05, 3.63) is 35.5 Å². The van der Waals surface area contributed by atoms with Crippen LogP contribution in [0.2, 0.25) is 0 Å². The van der Waals surface area contributed by atoms with E-state index in [-0.39, 0.29) is 11.5 Å². The molecular formula is C11H12FN5O. The maximum absolute atomic E-state index is 12.6. The van der Waals surface area contributed by atoms with Crippen molar-refractivity contribution < 1.29 is 9.18 Å². The fraction of sp³-hybridized carbons (Fsp3) is 0.182. The molecule has 94 valence electrons. The van der Waals surface area contributed by atoms with Crippen LogP contribution in [0.4, 0.5) is 15.9 Å². The summed E-state index contributed by atoms with van der Waals surface area (Å²) < 4.78 is 12.6. The molecule has 0 unspecified atom stereocenters. The Balaban J connectivity index is 2.16. The number of nitrogens with two attached hydrogens (primary N) is 1. The van der Waals surface area contributed by atoms with Gasteiger partial charge in [0, 0.05) is 0 Å². The SMILES string of the molecule is CCc1[nH]nc(C(=O)Nc2ccc(F)cn2)c1N. The summed E-state index contributed by atoms with van der Waals surface area (Å²) in [7, 11) is 0. The maximum Gasteiger partial charge on any atom is 0.279 e. The van der Waals surface area contributed by atoms with Gasteiger partial charge in [-0.05, 0) is 18.6 Å². The van der Waals surface area contributed by atoms with Gasteiger partial charge in [-0.3, -0.25) is 9.89 Å². The van der Waals surface area contributed by atoms with Crippen molar-refractivity contribution in [1.82, 2.24) is 15.2 Å². The fourth-order valence-corrected chi connectivity index (χ4v) is 1.45. The molecular weight excluding hydrogens is 237 g/mol. The summed E-state index contributed by atoms with van der Waals surface area (Å²) in [5.41, 5.74) is 6.88. The first kappa shape index (κ1) is 12.0. The van der Waals surface area contributed by atoms with E-state index in [1.165, 1.54) is 12.1 Å². The van der Waals surface area contributed by atoms with Crippen LogP contribution >= 0.6 is 0 Å². The van der Waals surface area contributed by atoms with E-state index in [2.05, 4.69) is 20.5 Å². The van der Waals surface area contributed by atoms with Crippen LogP contribution in [0.3, 0.4) is 0 Å². The summed E-state index contributed by atoms with van der Waals surface area (Å²) >= 11 is 0. The number of aryl methyl sites for hydroxylation is 1.